The molecule has 0 unspecified atom stereocenters. The molecule has 0 bridgehead atoms. The molecule has 0 aliphatic rings. The van der Waals surface area contributed by atoms with E-state index in [1.807, 2.05) is 0 Å². The number of nitrogens with one attached hydrogen (secondary N) is 1. The van der Waals surface area contributed by atoms with E-state index in [0.29, 0.717) is 0 Å². The van der Waals surface area contributed by atoms with Crippen LogP contribution in [0.4, 0.5) is 18.9 Å². The maximum Gasteiger partial charge on any atom is 0.416 e. The first-order chi connectivity index (χ1) is 10.7. The first kappa shape index (κ1) is 16.8. The standard InChI is InChI=1S/C15H9ClF3NO3/c16-11-7-9(14(22)23)4-5-12(11)20-13(21)8-2-1-3-10(6-8)15(17,18)19/h1-7H,(H,20,21)(H,22,23). The molecule has 2 aromatic rings. The van der Waals surface area contributed by atoms with Crippen LogP contribution in [-0.2, 0) is 6.18 Å². The number of amides is 1. The Balaban J connectivity index is 2.24. The molecule has 1 amide bonds. The van der Waals surface area contributed by atoms with Crippen LogP contribution in [0.15, 0.2) is 42.5 Å². The normalized spacial score (nSPS) is 11.1. The number of aromatic carboxylic acids is 1. The molecule has 0 fully saturated rings. The summed E-state index contributed by atoms with van der Waals surface area (Å²) in [4.78, 5) is 22.8. The lowest BCUT2D eigenvalue weighted by molar-refractivity contribution is -0.137. The van der Waals surface area contributed by atoms with E-state index >= 15 is 0 Å². The fourth-order valence-corrected chi connectivity index (χ4v) is 2.01. The number of carbonyl (C=O) groups is 2. The van der Waals surface area contributed by atoms with Crippen LogP contribution in [0.25, 0.3) is 0 Å². The van der Waals surface area contributed by atoms with Gasteiger partial charge in [-0.15, -0.1) is 0 Å². The average molecular weight is 344 g/mol. The number of hydrogen-bond donors (Lipinski definition) is 2. The number of benzene rings is 2. The van der Waals surface area contributed by atoms with Gasteiger partial charge in [-0.05, 0) is 36.4 Å². The van der Waals surface area contributed by atoms with Crippen molar-refractivity contribution in [2.75, 3.05) is 5.32 Å². The maximum atomic E-state index is 12.6. The van der Waals surface area contributed by atoms with Gasteiger partial charge >= 0.3 is 12.1 Å². The van der Waals surface area contributed by atoms with Crippen molar-refractivity contribution in [2.45, 2.75) is 6.18 Å². The number of anilines is 1. The van der Waals surface area contributed by atoms with E-state index in [1.54, 1.807) is 0 Å². The lowest BCUT2D eigenvalue weighted by Crippen LogP contribution is -2.14. The molecule has 2 rings (SSSR count). The zero-order valence-electron chi connectivity index (χ0n) is 11.3. The molecule has 0 aromatic heterocycles. The highest BCUT2D eigenvalue weighted by Crippen LogP contribution is 2.30. The van der Waals surface area contributed by atoms with E-state index in [4.69, 9.17) is 16.7 Å². The van der Waals surface area contributed by atoms with Crippen molar-refractivity contribution in [3.05, 3.63) is 64.2 Å². The van der Waals surface area contributed by atoms with E-state index in [2.05, 4.69) is 5.32 Å². The number of rotatable bonds is 3. The fraction of sp³-hybridized carbons (Fsp3) is 0.0667. The van der Waals surface area contributed by atoms with Crippen molar-refractivity contribution in [3.8, 4) is 0 Å². The van der Waals surface area contributed by atoms with Crippen LogP contribution < -0.4 is 5.32 Å². The Labute approximate surface area is 133 Å². The topological polar surface area (TPSA) is 66.4 Å². The van der Waals surface area contributed by atoms with Crippen LogP contribution >= 0.6 is 11.6 Å². The zero-order valence-corrected chi connectivity index (χ0v) is 12.1. The molecule has 0 radical (unpaired) electrons. The monoisotopic (exact) mass is 343 g/mol. The Morgan fingerprint density at radius 2 is 1.74 bits per heavy atom. The summed E-state index contributed by atoms with van der Waals surface area (Å²) in [5.41, 5.74) is -1.12. The van der Waals surface area contributed by atoms with Crippen molar-refractivity contribution < 1.29 is 27.9 Å². The molecule has 23 heavy (non-hydrogen) atoms. The summed E-state index contributed by atoms with van der Waals surface area (Å²) in [6, 6.07) is 7.52. The molecule has 0 spiro atoms. The summed E-state index contributed by atoms with van der Waals surface area (Å²) in [6.45, 7) is 0. The Hall–Kier alpha value is -2.54. The lowest BCUT2D eigenvalue weighted by atomic mass is 10.1. The molecular formula is C15H9ClF3NO3. The second-order valence-corrected chi connectivity index (χ2v) is 4.94. The molecule has 0 heterocycles. The molecule has 0 aliphatic heterocycles. The predicted molar refractivity (Wildman–Crippen MR) is 77.8 cm³/mol. The SMILES string of the molecule is O=C(O)c1ccc(NC(=O)c2cccc(C(F)(F)F)c2)c(Cl)c1. The third-order valence-electron chi connectivity index (χ3n) is 2.92. The minimum Gasteiger partial charge on any atom is -0.478 e. The van der Waals surface area contributed by atoms with Crippen molar-refractivity contribution >= 4 is 29.2 Å². The Bertz CT molecular complexity index is 775. The Kier molecular flexibility index (Phi) is 4.60. The van der Waals surface area contributed by atoms with Crippen LogP contribution in [0.2, 0.25) is 5.02 Å². The molecule has 2 aromatic carbocycles. The fourth-order valence-electron chi connectivity index (χ4n) is 1.78. The number of carboxylic acids is 1. The summed E-state index contributed by atoms with van der Waals surface area (Å²) >= 11 is 5.85. The van der Waals surface area contributed by atoms with Crippen LogP contribution in [0.1, 0.15) is 26.3 Å². The van der Waals surface area contributed by atoms with Crippen molar-refractivity contribution in [2.24, 2.45) is 0 Å². The number of carbonyl (C=O) groups excluding carboxylic acids is 1. The first-order valence-electron chi connectivity index (χ1n) is 6.20. The number of carboxylic acid groups (broad SMARTS) is 1. The van der Waals surface area contributed by atoms with E-state index in [1.165, 1.54) is 18.2 Å². The van der Waals surface area contributed by atoms with E-state index < -0.39 is 23.6 Å². The van der Waals surface area contributed by atoms with Crippen LogP contribution in [0.3, 0.4) is 0 Å². The van der Waals surface area contributed by atoms with E-state index in [9.17, 15) is 22.8 Å². The Morgan fingerprint density at radius 1 is 1.04 bits per heavy atom. The minimum atomic E-state index is -4.56. The average Bonchev–Trinajstić information content (AvgIpc) is 2.48. The van der Waals surface area contributed by atoms with Crippen molar-refractivity contribution in [1.29, 1.82) is 0 Å². The number of alkyl halides is 3. The third-order valence-corrected chi connectivity index (χ3v) is 3.23. The molecule has 4 nitrogen and oxygen atoms in total. The van der Waals surface area contributed by atoms with Crippen molar-refractivity contribution in [1.82, 2.24) is 0 Å². The summed E-state index contributed by atoms with van der Waals surface area (Å²) in [5, 5.41) is 11.1. The van der Waals surface area contributed by atoms with E-state index in [-0.39, 0.29) is 21.8 Å². The van der Waals surface area contributed by atoms with Gasteiger partial charge in [-0.1, -0.05) is 17.7 Å². The van der Waals surface area contributed by atoms with Gasteiger partial charge in [0.15, 0.2) is 0 Å². The van der Waals surface area contributed by atoms with Gasteiger partial charge in [0.1, 0.15) is 0 Å². The second kappa shape index (κ2) is 6.29. The van der Waals surface area contributed by atoms with Crippen LogP contribution in [0.5, 0.6) is 0 Å². The number of halogens is 4. The van der Waals surface area contributed by atoms with Crippen LogP contribution in [0, 0.1) is 0 Å². The Morgan fingerprint density at radius 3 is 2.30 bits per heavy atom. The van der Waals surface area contributed by atoms with Gasteiger partial charge in [-0.25, -0.2) is 4.79 Å². The predicted octanol–water partition coefficient (Wildman–Crippen LogP) is 4.31. The van der Waals surface area contributed by atoms with Crippen molar-refractivity contribution in [3.63, 3.8) is 0 Å². The van der Waals surface area contributed by atoms with Gasteiger partial charge in [-0.2, -0.15) is 13.2 Å². The molecule has 0 saturated heterocycles. The summed E-state index contributed by atoms with van der Waals surface area (Å²) < 4.78 is 37.9. The largest absolute Gasteiger partial charge is 0.478 e. The van der Waals surface area contributed by atoms with Gasteiger partial charge in [0.2, 0.25) is 0 Å². The molecule has 0 aliphatic carbocycles. The molecular weight excluding hydrogens is 335 g/mol. The first-order valence-corrected chi connectivity index (χ1v) is 6.58. The summed E-state index contributed by atoms with van der Waals surface area (Å²) in [7, 11) is 0. The quantitative estimate of drug-likeness (QED) is 0.872. The van der Waals surface area contributed by atoms with Gasteiger partial charge < -0.3 is 10.4 Å². The molecule has 0 saturated carbocycles. The van der Waals surface area contributed by atoms with Crippen LogP contribution in [-0.4, -0.2) is 17.0 Å². The maximum absolute atomic E-state index is 12.6. The molecule has 0 atom stereocenters. The highest BCUT2D eigenvalue weighted by molar-refractivity contribution is 6.34. The molecule has 2 N–H and O–H groups in total. The summed E-state index contributed by atoms with van der Waals surface area (Å²) in [5.74, 6) is -1.98. The lowest BCUT2D eigenvalue weighted by Gasteiger charge is -2.10. The highest BCUT2D eigenvalue weighted by atomic mass is 35.5. The zero-order chi connectivity index (χ0) is 17.2. The van der Waals surface area contributed by atoms with Gasteiger partial charge in [0, 0.05) is 5.56 Å². The number of hydrogen-bond acceptors (Lipinski definition) is 2. The molecule has 8 heteroatoms. The minimum absolute atomic E-state index is 0.0368. The third kappa shape index (κ3) is 4.01. The van der Waals surface area contributed by atoms with E-state index in [0.717, 1.165) is 24.3 Å². The smallest absolute Gasteiger partial charge is 0.416 e. The van der Waals surface area contributed by atoms with Gasteiger partial charge in [0.25, 0.3) is 5.91 Å². The molecule has 120 valence electrons. The summed E-state index contributed by atoms with van der Waals surface area (Å²) in [6.07, 6.45) is -4.56. The highest BCUT2D eigenvalue weighted by Gasteiger charge is 2.30. The van der Waals surface area contributed by atoms with Gasteiger partial charge in [0.05, 0.1) is 21.8 Å². The second-order valence-electron chi connectivity index (χ2n) is 4.53. The van der Waals surface area contributed by atoms with Gasteiger partial charge in [-0.3, -0.25) is 4.79 Å².